The summed E-state index contributed by atoms with van der Waals surface area (Å²) in [6, 6.07) is 4.06. The molecule has 0 bridgehead atoms. The van der Waals surface area contributed by atoms with Gasteiger partial charge in [-0.05, 0) is 31.2 Å². The van der Waals surface area contributed by atoms with Crippen LogP contribution >= 0.6 is 0 Å². The summed E-state index contributed by atoms with van der Waals surface area (Å²) < 4.78 is 39.7. The van der Waals surface area contributed by atoms with E-state index < -0.39 is 11.7 Å². The molecule has 4 nitrogen and oxygen atoms in total. The summed E-state index contributed by atoms with van der Waals surface area (Å²) >= 11 is 0. The molecule has 2 aromatic rings. The number of hydrogen-bond acceptors (Lipinski definition) is 3. The molecule has 0 aliphatic rings. The van der Waals surface area contributed by atoms with Crippen molar-refractivity contribution in [3.05, 3.63) is 41.2 Å². The second-order valence-corrected chi connectivity index (χ2v) is 4.19. The molecular formula is C12H13F3N4. The van der Waals surface area contributed by atoms with Crippen molar-refractivity contribution in [1.82, 2.24) is 15.0 Å². The van der Waals surface area contributed by atoms with Crippen LogP contribution < -0.4 is 5.73 Å². The van der Waals surface area contributed by atoms with Crippen LogP contribution in [-0.4, -0.2) is 21.5 Å². The Bertz CT molecular complexity index is 575. The fourth-order valence-electron chi connectivity index (χ4n) is 1.74. The normalized spacial score (nSPS) is 11.8. The maximum Gasteiger partial charge on any atom is 0.416 e. The van der Waals surface area contributed by atoms with E-state index in [1.165, 1.54) is 17.7 Å². The number of alkyl halides is 3. The second-order valence-electron chi connectivity index (χ2n) is 4.19. The molecule has 1 aromatic heterocycles. The molecule has 102 valence electrons. The Morgan fingerprint density at radius 1 is 1.32 bits per heavy atom. The van der Waals surface area contributed by atoms with Gasteiger partial charge in [-0.15, -0.1) is 5.10 Å². The van der Waals surface area contributed by atoms with E-state index >= 15 is 0 Å². The van der Waals surface area contributed by atoms with E-state index in [4.69, 9.17) is 5.73 Å². The minimum absolute atomic E-state index is 0.179. The number of hydrogen-bond donors (Lipinski definition) is 1. The molecule has 0 radical (unpaired) electrons. The standard InChI is InChI=1S/C12H13F3N4/c1-8-2-3-10(6-11(8)12(13,14)15)19-7-9(4-5-16)17-18-19/h2-3,6-7H,4-5,16H2,1H3. The fourth-order valence-corrected chi connectivity index (χ4v) is 1.74. The lowest BCUT2D eigenvalue weighted by Crippen LogP contribution is -2.09. The molecule has 1 heterocycles. The molecular weight excluding hydrogens is 257 g/mol. The highest BCUT2D eigenvalue weighted by molar-refractivity contribution is 5.41. The first kappa shape index (κ1) is 13.5. The van der Waals surface area contributed by atoms with Crippen LogP contribution in [0.3, 0.4) is 0 Å². The predicted octanol–water partition coefficient (Wildman–Crippen LogP) is 2.10. The lowest BCUT2D eigenvalue weighted by atomic mass is 10.1. The third kappa shape index (κ3) is 2.93. The third-order valence-electron chi connectivity index (χ3n) is 2.73. The number of halogens is 3. The summed E-state index contributed by atoms with van der Waals surface area (Å²) in [5.74, 6) is 0. The average molecular weight is 270 g/mol. The lowest BCUT2D eigenvalue weighted by molar-refractivity contribution is -0.138. The summed E-state index contributed by atoms with van der Waals surface area (Å²) in [5, 5.41) is 7.65. The van der Waals surface area contributed by atoms with Gasteiger partial charge in [0.1, 0.15) is 0 Å². The molecule has 2 rings (SSSR count). The van der Waals surface area contributed by atoms with Crippen LogP contribution in [-0.2, 0) is 12.6 Å². The Hall–Kier alpha value is -1.89. The Kier molecular flexibility index (Phi) is 3.57. The van der Waals surface area contributed by atoms with Crippen molar-refractivity contribution >= 4 is 0 Å². The number of nitrogens with two attached hydrogens (primary N) is 1. The molecule has 2 N–H and O–H groups in total. The largest absolute Gasteiger partial charge is 0.416 e. The Morgan fingerprint density at radius 3 is 2.68 bits per heavy atom. The zero-order valence-electron chi connectivity index (χ0n) is 10.3. The maximum atomic E-state index is 12.8. The molecule has 0 atom stereocenters. The van der Waals surface area contributed by atoms with E-state index in [1.807, 2.05) is 0 Å². The van der Waals surface area contributed by atoms with Gasteiger partial charge >= 0.3 is 6.18 Å². The van der Waals surface area contributed by atoms with Crippen molar-refractivity contribution in [2.24, 2.45) is 5.73 Å². The van der Waals surface area contributed by atoms with E-state index in [-0.39, 0.29) is 5.56 Å². The lowest BCUT2D eigenvalue weighted by Gasteiger charge is -2.11. The predicted molar refractivity (Wildman–Crippen MR) is 63.9 cm³/mol. The second kappa shape index (κ2) is 5.00. The van der Waals surface area contributed by atoms with Crippen LogP contribution in [0, 0.1) is 6.92 Å². The van der Waals surface area contributed by atoms with Crippen molar-refractivity contribution in [3.63, 3.8) is 0 Å². The summed E-state index contributed by atoms with van der Waals surface area (Å²) in [6.07, 6.45) is -2.25. The molecule has 0 saturated carbocycles. The number of benzene rings is 1. The SMILES string of the molecule is Cc1ccc(-n2cc(CCN)nn2)cc1C(F)(F)F. The van der Waals surface area contributed by atoms with Gasteiger partial charge in [0.2, 0.25) is 0 Å². The topological polar surface area (TPSA) is 56.7 Å². The summed E-state index contributed by atoms with van der Waals surface area (Å²) in [4.78, 5) is 0. The Balaban J connectivity index is 2.39. The number of aromatic nitrogens is 3. The van der Waals surface area contributed by atoms with E-state index in [0.29, 0.717) is 24.3 Å². The van der Waals surface area contributed by atoms with Crippen LogP contribution in [0.1, 0.15) is 16.8 Å². The van der Waals surface area contributed by atoms with Gasteiger partial charge in [-0.1, -0.05) is 11.3 Å². The molecule has 0 fully saturated rings. The van der Waals surface area contributed by atoms with Gasteiger partial charge in [-0.25, -0.2) is 4.68 Å². The highest BCUT2D eigenvalue weighted by Crippen LogP contribution is 2.32. The van der Waals surface area contributed by atoms with Crippen molar-refractivity contribution in [3.8, 4) is 5.69 Å². The highest BCUT2D eigenvalue weighted by atomic mass is 19.4. The van der Waals surface area contributed by atoms with E-state index in [9.17, 15) is 13.2 Å². The van der Waals surface area contributed by atoms with Crippen molar-refractivity contribution in [2.45, 2.75) is 19.5 Å². The van der Waals surface area contributed by atoms with Crippen LogP contribution in [0.25, 0.3) is 5.69 Å². The van der Waals surface area contributed by atoms with Crippen molar-refractivity contribution in [1.29, 1.82) is 0 Å². The first-order valence-electron chi connectivity index (χ1n) is 5.71. The Morgan fingerprint density at radius 2 is 2.05 bits per heavy atom. The monoisotopic (exact) mass is 270 g/mol. The highest BCUT2D eigenvalue weighted by Gasteiger charge is 2.32. The molecule has 1 aromatic carbocycles. The number of nitrogens with zero attached hydrogens (tertiary/aromatic N) is 3. The fraction of sp³-hybridized carbons (Fsp3) is 0.333. The van der Waals surface area contributed by atoms with Gasteiger partial charge in [0, 0.05) is 6.42 Å². The van der Waals surface area contributed by atoms with Crippen LogP contribution in [0.15, 0.2) is 24.4 Å². The van der Waals surface area contributed by atoms with E-state index in [2.05, 4.69) is 10.3 Å². The molecule has 0 saturated heterocycles. The maximum absolute atomic E-state index is 12.8. The third-order valence-corrected chi connectivity index (χ3v) is 2.73. The molecule has 7 heteroatoms. The van der Waals surface area contributed by atoms with Gasteiger partial charge < -0.3 is 5.73 Å². The van der Waals surface area contributed by atoms with Gasteiger partial charge in [0.05, 0.1) is 23.1 Å². The first-order chi connectivity index (χ1) is 8.91. The Labute approximate surface area is 108 Å². The van der Waals surface area contributed by atoms with E-state index in [0.717, 1.165) is 6.07 Å². The van der Waals surface area contributed by atoms with Gasteiger partial charge in [-0.2, -0.15) is 13.2 Å². The van der Waals surface area contributed by atoms with Gasteiger partial charge in [0.15, 0.2) is 0 Å². The summed E-state index contributed by atoms with van der Waals surface area (Å²) in [6.45, 7) is 1.84. The summed E-state index contributed by atoms with van der Waals surface area (Å²) in [5.41, 5.74) is 5.87. The summed E-state index contributed by atoms with van der Waals surface area (Å²) in [7, 11) is 0. The smallest absolute Gasteiger partial charge is 0.330 e. The number of aryl methyl sites for hydroxylation is 1. The van der Waals surface area contributed by atoms with Gasteiger partial charge in [-0.3, -0.25) is 0 Å². The van der Waals surface area contributed by atoms with Crippen LogP contribution in [0.5, 0.6) is 0 Å². The van der Waals surface area contributed by atoms with Crippen molar-refractivity contribution < 1.29 is 13.2 Å². The molecule has 0 unspecified atom stereocenters. The molecule has 19 heavy (non-hydrogen) atoms. The molecule has 0 aliphatic carbocycles. The molecule has 0 amide bonds. The van der Waals surface area contributed by atoms with Crippen LogP contribution in [0.2, 0.25) is 0 Å². The zero-order chi connectivity index (χ0) is 14.0. The molecule has 0 aliphatic heterocycles. The minimum Gasteiger partial charge on any atom is -0.330 e. The first-order valence-corrected chi connectivity index (χ1v) is 5.71. The van der Waals surface area contributed by atoms with Crippen LogP contribution in [0.4, 0.5) is 13.2 Å². The van der Waals surface area contributed by atoms with Crippen molar-refractivity contribution in [2.75, 3.05) is 6.54 Å². The molecule has 0 spiro atoms. The average Bonchev–Trinajstić information content (AvgIpc) is 2.77. The van der Waals surface area contributed by atoms with Gasteiger partial charge in [0.25, 0.3) is 0 Å². The zero-order valence-corrected chi connectivity index (χ0v) is 10.3. The minimum atomic E-state index is -4.37. The quantitative estimate of drug-likeness (QED) is 0.929. The number of rotatable bonds is 3. The van der Waals surface area contributed by atoms with E-state index in [1.54, 1.807) is 12.3 Å².